The lowest BCUT2D eigenvalue weighted by Crippen LogP contribution is -2.20. The first-order chi connectivity index (χ1) is 9.15. The summed E-state index contributed by atoms with van der Waals surface area (Å²) >= 11 is 0. The molecular weight excluding hydrogens is 244 g/mol. The minimum Gasteiger partial charge on any atom is -0.481 e. The average molecular weight is 262 g/mol. The van der Waals surface area contributed by atoms with E-state index in [0.29, 0.717) is 12.7 Å². The highest BCUT2D eigenvalue weighted by atomic mass is 16.7. The van der Waals surface area contributed by atoms with Gasteiger partial charge >= 0.3 is 5.97 Å². The van der Waals surface area contributed by atoms with Crippen molar-refractivity contribution in [3.05, 3.63) is 23.3 Å². The number of ether oxygens (including phenoxy) is 2. The number of carboxylic acid groups (broad SMARTS) is 1. The van der Waals surface area contributed by atoms with Crippen LogP contribution in [0.5, 0.6) is 11.5 Å². The molecule has 0 unspecified atom stereocenters. The highest BCUT2D eigenvalue weighted by molar-refractivity contribution is 5.70. The average Bonchev–Trinajstić information content (AvgIpc) is 2.85. The second-order valence-electron chi connectivity index (χ2n) is 5.45. The maximum atomic E-state index is 11.0. The molecule has 0 atom stereocenters. The predicted molar refractivity (Wildman–Crippen MR) is 69.6 cm³/mol. The van der Waals surface area contributed by atoms with Gasteiger partial charge in [-0.25, -0.2) is 0 Å². The molecule has 1 fully saturated rings. The van der Waals surface area contributed by atoms with Crippen LogP contribution in [-0.4, -0.2) is 17.9 Å². The highest BCUT2D eigenvalue weighted by Crippen LogP contribution is 2.42. The van der Waals surface area contributed by atoms with Gasteiger partial charge in [0.2, 0.25) is 6.79 Å². The van der Waals surface area contributed by atoms with Crippen molar-refractivity contribution in [2.24, 2.45) is 5.92 Å². The van der Waals surface area contributed by atoms with E-state index < -0.39 is 5.97 Å². The monoisotopic (exact) mass is 262 g/mol. The smallest absolute Gasteiger partial charge is 0.306 e. The van der Waals surface area contributed by atoms with E-state index in [1.807, 2.05) is 6.07 Å². The van der Waals surface area contributed by atoms with E-state index in [9.17, 15) is 4.79 Å². The Morgan fingerprint density at radius 2 is 1.79 bits per heavy atom. The van der Waals surface area contributed by atoms with Crippen molar-refractivity contribution in [2.45, 2.75) is 38.5 Å². The molecular formula is C15H18O4. The molecule has 1 aliphatic carbocycles. The Morgan fingerprint density at radius 1 is 1.16 bits per heavy atom. The Morgan fingerprint density at radius 3 is 2.42 bits per heavy atom. The molecule has 1 saturated carbocycles. The van der Waals surface area contributed by atoms with Crippen LogP contribution in [0.2, 0.25) is 0 Å². The fraction of sp³-hybridized carbons (Fsp3) is 0.533. The Hall–Kier alpha value is -1.71. The summed E-state index contributed by atoms with van der Waals surface area (Å²) in [7, 11) is 0. The van der Waals surface area contributed by atoms with Crippen LogP contribution >= 0.6 is 0 Å². The molecule has 0 radical (unpaired) electrons. The lowest BCUT2D eigenvalue weighted by atomic mass is 9.77. The van der Waals surface area contributed by atoms with E-state index >= 15 is 0 Å². The molecule has 19 heavy (non-hydrogen) atoms. The number of rotatable bonds is 2. The van der Waals surface area contributed by atoms with Crippen LogP contribution in [0.25, 0.3) is 0 Å². The minimum atomic E-state index is -0.652. The Kier molecular flexibility index (Phi) is 3.09. The summed E-state index contributed by atoms with van der Waals surface area (Å²) in [5, 5.41) is 9.04. The molecule has 1 aliphatic heterocycles. The first kappa shape index (κ1) is 12.3. The molecule has 1 aromatic carbocycles. The fourth-order valence-electron chi connectivity index (χ4n) is 3.15. The fourth-order valence-corrected chi connectivity index (χ4v) is 3.15. The van der Waals surface area contributed by atoms with Crippen molar-refractivity contribution in [2.75, 3.05) is 6.79 Å². The zero-order chi connectivity index (χ0) is 13.4. The van der Waals surface area contributed by atoms with E-state index in [1.54, 1.807) is 0 Å². The molecule has 3 rings (SSSR count). The van der Waals surface area contributed by atoms with Crippen LogP contribution in [0.15, 0.2) is 12.1 Å². The van der Waals surface area contributed by atoms with Crippen LogP contribution < -0.4 is 9.47 Å². The van der Waals surface area contributed by atoms with Crippen LogP contribution in [0, 0.1) is 12.8 Å². The number of hydrogen-bond acceptors (Lipinski definition) is 3. The van der Waals surface area contributed by atoms with Gasteiger partial charge in [0, 0.05) is 0 Å². The van der Waals surface area contributed by atoms with E-state index in [1.165, 1.54) is 11.1 Å². The molecule has 2 aliphatic rings. The molecule has 4 nitrogen and oxygen atoms in total. The van der Waals surface area contributed by atoms with Gasteiger partial charge < -0.3 is 14.6 Å². The second kappa shape index (κ2) is 4.76. The maximum absolute atomic E-state index is 11.0. The Balaban J connectivity index is 1.78. The molecule has 0 saturated heterocycles. The van der Waals surface area contributed by atoms with Gasteiger partial charge in [-0.2, -0.15) is 0 Å². The summed E-state index contributed by atoms with van der Waals surface area (Å²) in [6, 6.07) is 4.10. The third-order valence-corrected chi connectivity index (χ3v) is 4.28. The van der Waals surface area contributed by atoms with Crippen LogP contribution in [0.3, 0.4) is 0 Å². The van der Waals surface area contributed by atoms with E-state index in [2.05, 4.69) is 13.0 Å². The molecule has 1 N–H and O–H groups in total. The number of carbonyl (C=O) groups is 1. The van der Waals surface area contributed by atoms with Crippen LogP contribution in [0.1, 0.15) is 42.7 Å². The number of hydrogen-bond donors (Lipinski definition) is 1. The first-order valence-corrected chi connectivity index (χ1v) is 6.78. The number of aliphatic carboxylic acids is 1. The summed E-state index contributed by atoms with van der Waals surface area (Å²) in [5.41, 5.74) is 2.50. The molecule has 0 bridgehead atoms. The zero-order valence-corrected chi connectivity index (χ0v) is 11.0. The Labute approximate surface area is 112 Å². The van der Waals surface area contributed by atoms with Crippen molar-refractivity contribution in [3.63, 3.8) is 0 Å². The second-order valence-corrected chi connectivity index (χ2v) is 5.45. The lowest BCUT2D eigenvalue weighted by Gasteiger charge is -2.27. The van der Waals surface area contributed by atoms with Gasteiger partial charge in [0.15, 0.2) is 11.5 Å². The summed E-state index contributed by atoms with van der Waals surface area (Å²) in [5.74, 6) is 1.28. The third kappa shape index (κ3) is 2.27. The van der Waals surface area contributed by atoms with Gasteiger partial charge in [-0.3, -0.25) is 4.79 Å². The van der Waals surface area contributed by atoms with Crippen molar-refractivity contribution < 1.29 is 19.4 Å². The molecule has 1 aromatic rings. The predicted octanol–water partition coefficient (Wildman–Crippen LogP) is 3.08. The van der Waals surface area contributed by atoms with Crippen molar-refractivity contribution >= 4 is 5.97 Å². The quantitative estimate of drug-likeness (QED) is 0.889. The topological polar surface area (TPSA) is 55.8 Å². The number of benzene rings is 1. The molecule has 1 heterocycles. The molecule has 0 spiro atoms. The largest absolute Gasteiger partial charge is 0.481 e. The van der Waals surface area contributed by atoms with Crippen LogP contribution in [0.4, 0.5) is 0 Å². The van der Waals surface area contributed by atoms with Gasteiger partial charge in [-0.05, 0) is 61.8 Å². The molecule has 4 heteroatoms. The van der Waals surface area contributed by atoms with Gasteiger partial charge in [0.05, 0.1) is 5.92 Å². The summed E-state index contributed by atoms with van der Waals surface area (Å²) in [6.07, 6.45) is 3.43. The van der Waals surface area contributed by atoms with Gasteiger partial charge in [-0.15, -0.1) is 0 Å². The van der Waals surface area contributed by atoms with Gasteiger partial charge in [-0.1, -0.05) is 0 Å². The summed E-state index contributed by atoms with van der Waals surface area (Å²) < 4.78 is 10.8. The van der Waals surface area contributed by atoms with E-state index in [4.69, 9.17) is 14.6 Å². The standard InChI is InChI=1S/C15H18O4/c1-9-6-13-14(19-8-18-13)7-12(9)10-2-4-11(5-3-10)15(16)17/h6-7,10-11H,2-5,8H2,1H3,(H,16,17). The summed E-state index contributed by atoms with van der Waals surface area (Å²) in [4.78, 5) is 11.0. The molecule has 102 valence electrons. The van der Waals surface area contributed by atoms with Crippen molar-refractivity contribution in [1.82, 2.24) is 0 Å². The van der Waals surface area contributed by atoms with E-state index in [-0.39, 0.29) is 5.92 Å². The van der Waals surface area contributed by atoms with Gasteiger partial charge in [0.25, 0.3) is 0 Å². The summed E-state index contributed by atoms with van der Waals surface area (Å²) in [6.45, 7) is 2.38. The maximum Gasteiger partial charge on any atom is 0.306 e. The number of carboxylic acids is 1. The normalized spacial score (nSPS) is 25.3. The lowest BCUT2D eigenvalue weighted by molar-refractivity contribution is -0.142. The molecule has 0 aromatic heterocycles. The third-order valence-electron chi connectivity index (χ3n) is 4.28. The van der Waals surface area contributed by atoms with Crippen molar-refractivity contribution in [1.29, 1.82) is 0 Å². The highest BCUT2D eigenvalue weighted by Gasteiger charge is 2.28. The SMILES string of the molecule is Cc1cc2c(cc1C1CCC(C(=O)O)CC1)OCO2. The van der Waals surface area contributed by atoms with Crippen LogP contribution in [-0.2, 0) is 4.79 Å². The first-order valence-electron chi connectivity index (χ1n) is 6.78. The van der Waals surface area contributed by atoms with E-state index in [0.717, 1.165) is 37.2 Å². The zero-order valence-electron chi connectivity index (χ0n) is 11.0. The molecule has 0 amide bonds. The van der Waals surface area contributed by atoms with Gasteiger partial charge in [0.1, 0.15) is 0 Å². The Bertz CT molecular complexity index is 501. The van der Waals surface area contributed by atoms with Crippen molar-refractivity contribution in [3.8, 4) is 11.5 Å². The number of fused-ring (bicyclic) bond motifs is 1. The number of aryl methyl sites for hydroxylation is 1. The minimum absolute atomic E-state index is 0.162.